The quantitative estimate of drug-likeness (QED) is 0.216. The van der Waals surface area contributed by atoms with Gasteiger partial charge in [0.15, 0.2) is 5.11 Å². The van der Waals surface area contributed by atoms with E-state index < -0.39 is 29.6 Å². The van der Waals surface area contributed by atoms with Gasteiger partial charge in [-0.15, -0.1) is 0 Å². The zero-order valence-corrected chi connectivity index (χ0v) is 21.2. The van der Waals surface area contributed by atoms with Crippen LogP contribution in [0.1, 0.15) is 35.5 Å². The standard InChI is InChI=1S/C28H23F4N5OS/c29-19-9-11-20(12-10-19)34-24(38)13-16-37-26(25(35-27(37)39)22-7-1-2-14-33-22)23-8-4-15-36(23)21-6-3-5-18(17-21)28(30,31)32/h1-12,14-15,17,25-26H,13,16H2,(H,34,38)(H,35,39). The number of anilines is 1. The van der Waals surface area contributed by atoms with Gasteiger partial charge in [-0.05, 0) is 78.9 Å². The summed E-state index contributed by atoms with van der Waals surface area (Å²) < 4.78 is 55.2. The van der Waals surface area contributed by atoms with Crippen LogP contribution in [0.3, 0.4) is 0 Å². The van der Waals surface area contributed by atoms with Crippen molar-refractivity contribution in [3.63, 3.8) is 0 Å². The first-order valence-electron chi connectivity index (χ1n) is 12.1. The Kier molecular flexibility index (Phi) is 7.34. The van der Waals surface area contributed by atoms with Crippen molar-refractivity contribution in [3.8, 4) is 5.69 Å². The maximum absolute atomic E-state index is 13.5. The molecule has 1 fully saturated rings. The lowest BCUT2D eigenvalue weighted by Gasteiger charge is -2.29. The number of pyridine rings is 1. The van der Waals surface area contributed by atoms with Gasteiger partial charge in [-0.3, -0.25) is 9.78 Å². The van der Waals surface area contributed by atoms with Crippen LogP contribution in [-0.4, -0.2) is 32.0 Å². The fourth-order valence-corrected chi connectivity index (χ4v) is 4.98. The number of hydrogen-bond donors (Lipinski definition) is 2. The molecule has 1 saturated heterocycles. The molecule has 1 amide bonds. The third-order valence-corrected chi connectivity index (χ3v) is 6.79. The molecule has 1 aliphatic rings. The zero-order chi connectivity index (χ0) is 27.6. The van der Waals surface area contributed by atoms with Crippen LogP contribution in [0.2, 0.25) is 0 Å². The van der Waals surface area contributed by atoms with Gasteiger partial charge in [0.1, 0.15) is 5.82 Å². The fourth-order valence-electron chi connectivity index (χ4n) is 4.65. The molecule has 2 aromatic heterocycles. The van der Waals surface area contributed by atoms with E-state index in [9.17, 15) is 22.4 Å². The van der Waals surface area contributed by atoms with Gasteiger partial charge in [-0.1, -0.05) is 12.1 Å². The van der Waals surface area contributed by atoms with E-state index in [0.29, 0.717) is 27.9 Å². The van der Waals surface area contributed by atoms with Crippen molar-refractivity contribution < 1.29 is 22.4 Å². The summed E-state index contributed by atoms with van der Waals surface area (Å²) >= 11 is 5.65. The number of thiocarbonyl (C=S) groups is 1. The Balaban J connectivity index is 1.46. The van der Waals surface area contributed by atoms with E-state index in [1.165, 1.54) is 30.3 Å². The SMILES string of the molecule is O=C(CCN1C(=S)NC(c2ccccn2)C1c1cccn1-c1cccc(C(F)(F)F)c1)Nc1ccc(F)cc1. The van der Waals surface area contributed by atoms with Gasteiger partial charge in [0.2, 0.25) is 5.91 Å². The average molecular weight is 554 g/mol. The number of nitrogens with one attached hydrogen (secondary N) is 2. The fraction of sp³-hybridized carbons (Fsp3) is 0.179. The largest absolute Gasteiger partial charge is 0.416 e. The average Bonchev–Trinajstić information content (AvgIpc) is 3.53. The molecule has 2 N–H and O–H groups in total. The number of alkyl halides is 3. The van der Waals surface area contributed by atoms with Crippen LogP contribution in [0, 0.1) is 5.82 Å². The monoisotopic (exact) mass is 553 g/mol. The van der Waals surface area contributed by atoms with Gasteiger partial charge in [0, 0.05) is 42.4 Å². The van der Waals surface area contributed by atoms with Gasteiger partial charge in [0.25, 0.3) is 0 Å². The third kappa shape index (κ3) is 5.78. The Morgan fingerprint density at radius 2 is 1.82 bits per heavy atom. The lowest BCUT2D eigenvalue weighted by Crippen LogP contribution is -2.33. The van der Waals surface area contributed by atoms with Crippen molar-refractivity contribution in [2.45, 2.75) is 24.7 Å². The van der Waals surface area contributed by atoms with E-state index in [0.717, 1.165) is 12.1 Å². The van der Waals surface area contributed by atoms with Crippen LogP contribution in [-0.2, 0) is 11.0 Å². The highest BCUT2D eigenvalue weighted by atomic mass is 32.1. The van der Waals surface area contributed by atoms with E-state index in [-0.39, 0.29) is 18.9 Å². The van der Waals surface area contributed by atoms with Gasteiger partial charge in [0.05, 0.1) is 23.3 Å². The Bertz CT molecular complexity index is 1470. The van der Waals surface area contributed by atoms with E-state index in [1.54, 1.807) is 35.2 Å². The van der Waals surface area contributed by atoms with Gasteiger partial charge in [-0.2, -0.15) is 13.2 Å². The summed E-state index contributed by atoms with van der Waals surface area (Å²) in [6.45, 7) is 0.223. The number of hydrogen-bond acceptors (Lipinski definition) is 3. The lowest BCUT2D eigenvalue weighted by molar-refractivity contribution is -0.137. The number of amides is 1. The minimum absolute atomic E-state index is 0.0644. The summed E-state index contributed by atoms with van der Waals surface area (Å²) in [6, 6.07) is 18.7. The molecule has 5 rings (SSSR count). The summed E-state index contributed by atoms with van der Waals surface area (Å²) in [6.07, 6.45) is -1.07. The number of carbonyl (C=O) groups excluding carboxylic acids is 1. The van der Waals surface area contributed by atoms with Crippen LogP contribution >= 0.6 is 12.2 Å². The van der Waals surface area contributed by atoms with Gasteiger partial charge < -0.3 is 20.1 Å². The predicted molar refractivity (Wildman–Crippen MR) is 143 cm³/mol. The van der Waals surface area contributed by atoms with Crippen LogP contribution in [0.5, 0.6) is 0 Å². The molecule has 200 valence electrons. The highest BCUT2D eigenvalue weighted by Crippen LogP contribution is 2.40. The molecule has 3 heterocycles. The number of halogens is 4. The minimum atomic E-state index is -4.49. The lowest BCUT2D eigenvalue weighted by atomic mass is 10.0. The van der Waals surface area contributed by atoms with Crippen molar-refractivity contribution in [1.29, 1.82) is 0 Å². The molecule has 11 heteroatoms. The molecular formula is C28H23F4N5OS. The van der Waals surface area contributed by atoms with Crippen LogP contribution < -0.4 is 10.6 Å². The number of rotatable bonds is 7. The van der Waals surface area contributed by atoms with E-state index in [2.05, 4.69) is 15.6 Å². The molecule has 1 aliphatic heterocycles. The van der Waals surface area contributed by atoms with Crippen molar-refractivity contribution in [1.82, 2.24) is 19.8 Å². The van der Waals surface area contributed by atoms with Crippen LogP contribution in [0.15, 0.2) is 91.3 Å². The maximum Gasteiger partial charge on any atom is 0.416 e. The molecule has 0 radical (unpaired) electrons. The molecule has 0 bridgehead atoms. The zero-order valence-electron chi connectivity index (χ0n) is 20.4. The van der Waals surface area contributed by atoms with Crippen molar-refractivity contribution in [3.05, 3.63) is 114 Å². The molecule has 4 aromatic rings. The molecule has 2 unspecified atom stereocenters. The Hall–Kier alpha value is -4.25. The molecule has 2 aromatic carbocycles. The molecule has 0 spiro atoms. The summed E-state index contributed by atoms with van der Waals surface area (Å²) in [5, 5.41) is 6.41. The van der Waals surface area contributed by atoms with Crippen molar-refractivity contribution in [2.75, 3.05) is 11.9 Å². The number of carbonyl (C=O) groups is 1. The second-order valence-electron chi connectivity index (χ2n) is 8.98. The first-order valence-corrected chi connectivity index (χ1v) is 12.5. The first kappa shape index (κ1) is 26.4. The van der Waals surface area contributed by atoms with E-state index in [1.807, 2.05) is 23.1 Å². The summed E-state index contributed by atoms with van der Waals surface area (Å²) in [4.78, 5) is 19.0. The van der Waals surface area contributed by atoms with Crippen LogP contribution in [0.4, 0.5) is 23.2 Å². The molecule has 6 nitrogen and oxygen atoms in total. The van der Waals surface area contributed by atoms with Gasteiger partial charge in [-0.25, -0.2) is 4.39 Å². The van der Waals surface area contributed by atoms with E-state index >= 15 is 0 Å². The van der Waals surface area contributed by atoms with Gasteiger partial charge >= 0.3 is 6.18 Å². The number of aromatic nitrogens is 2. The molecule has 0 aliphatic carbocycles. The Morgan fingerprint density at radius 1 is 1.03 bits per heavy atom. The Labute approximate surface area is 227 Å². The Morgan fingerprint density at radius 3 is 2.54 bits per heavy atom. The molecular weight excluding hydrogens is 530 g/mol. The first-order chi connectivity index (χ1) is 18.7. The summed E-state index contributed by atoms with van der Waals surface area (Å²) in [5.41, 5.74) is 1.42. The second kappa shape index (κ2) is 10.9. The topological polar surface area (TPSA) is 62.2 Å². The molecule has 39 heavy (non-hydrogen) atoms. The second-order valence-corrected chi connectivity index (χ2v) is 9.36. The number of nitrogens with zero attached hydrogens (tertiary/aromatic N) is 3. The summed E-state index contributed by atoms with van der Waals surface area (Å²) in [5.74, 6) is -0.702. The van der Waals surface area contributed by atoms with Crippen molar-refractivity contribution >= 4 is 28.9 Å². The normalized spacial score (nSPS) is 17.2. The summed E-state index contributed by atoms with van der Waals surface area (Å²) in [7, 11) is 0. The van der Waals surface area contributed by atoms with Crippen LogP contribution in [0.25, 0.3) is 5.69 Å². The smallest absolute Gasteiger partial charge is 0.352 e. The number of benzene rings is 2. The highest BCUT2D eigenvalue weighted by Gasteiger charge is 2.41. The van der Waals surface area contributed by atoms with E-state index in [4.69, 9.17) is 12.2 Å². The maximum atomic E-state index is 13.5. The minimum Gasteiger partial charge on any atom is -0.352 e. The van der Waals surface area contributed by atoms with Crippen molar-refractivity contribution in [2.24, 2.45) is 0 Å². The molecule has 2 atom stereocenters. The third-order valence-electron chi connectivity index (χ3n) is 6.44. The highest BCUT2D eigenvalue weighted by molar-refractivity contribution is 7.80. The predicted octanol–water partition coefficient (Wildman–Crippen LogP) is 6.03. The molecule has 0 saturated carbocycles.